The van der Waals surface area contributed by atoms with Gasteiger partial charge in [0.1, 0.15) is 46.1 Å². The molecule has 0 radical (unpaired) electrons. The van der Waals surface area contributed by atoms with Crippen molar-refractivity contribution in [3.8, 4) is 0 Å². The van der Waals surface area contributed by atoms with Crippen LogP contribution in [0.2, 0.25) is 0 Å². The molecule has 4 N–H and O–H groups in total. The Morgan fingerprint density at radius 1 is 0.500 bits per heavy atom. The topological polar surface area (TPSA) is 234 Å². The largest absolute Gasteiger partial charge is 0.460 e. The Kier molecular flexibility index (Phi) is 22.8. The molecule has 0 spiro atoms. The first kappa shape index (κ1) is 58.8. The summed E-state index contributed by atoms with van der Waals surface area (Å²) in [7, 11) is 0. The van der Waals surface area contributed by atoms with Crippen molar-refractivity contribution in [1.29, 1.82) is 0 Å². The monoisotopic (exact) mass is 934 g/mol. The summed E-state index contributed by atoms with van der Waals surface area (Å²) in [6.07, 6.45) is 0.499. The van der Waals surface area contributed by atoms with Gasteiger partial charge < -0.3 is 45.0 Å². The molecule has 18 nitrogen and oxygen atoms in total. The van der Waals surface area contributed by atoms with Crippen LogP contribution in [0, 0.1) is 0 Å². The fraction of sp³-hybridized carbons (Fsp3) is 0.708. The van der Waals surface area contributed by atoms with Crippen LogP contribution in [-0.4, -0.2) is 124 Å². The highest BCUT2D eigenvalue weighted by molar-refractivity contribution is 5.90. The fourth-order valence-corrected chi connectivity index (χ4v) is 6.08. The number of rotatable bonds is 22. The van der Waals surface area contributed by atoms with Crippen molar-refractivity contribution in [2.75, 3.05) is 19.6 Å². The van der Waals surface area contributed by atoms with Crippen molar-refractivity contribution in [3.05, 3.63) is 35.9 Å². The molecule has 0 saturated heterocycles. The van der Waals surface area contributed by atoms with E-state index in [1.807, 2.05) is 18.2 Å². The summed E-state index contributed by atoms with van der Waals surface area (Å²) in [4.78, 5) is 107. The number of carbonyl (C=O) groups is 8. The highest BCUT2D eigenvalue weighted by Gasteiger charge is 2.33. The van der Waals surface area contributed by atoms with Gasteiger partial charge >= 0.3 is 35.9 Å². The molecule has 0 aromatic heterocycles. The van der Waals surface area contributed by atoms with E-state index in [1.54, 1.807) is 123 Å². The van der Waals surface area contributed by atoms with Gasteiger partial charge in [-0.25, -0.2) is 14.4 Å². The van der Waals surface area contributed by atoms with Crippen LogP contribution in [0.25, 0.3) is 0 Å². The van der Waals surface area contributed by atoms with E-state index in [0.29, 0.717) is 12.8 Å². The SMILES string of the molecule is CC(CCC[C@H](NC(=O)N[C@@H](CCC(=O)OC(C)(C)C)C(=O)OC(C)(C)C)C(=O)OC(C)(C)C)NC(=O)[C@@H](Cc1ccccc1)NC(=O)CN(CC(=O)OC(C)(C)C)CC(=O)OC(C)(C)C. The number of benzene rings is 1. The highest BCUT2D eigenvalue weighted by atomic mass is 16.6. The van der Waals surface area contributed by atoms with E-state index in [0.717, 1.165) is 5.56 Å². The molecule has 1 aromatic carbocycles. The first-order valence-corrected chi connectivity index (χ1v) is 22.5. The van der Waals surface area contributed by atoms with Gasteiger partial charge in [0.15, 0.2) is 0 Å². The summed E-state index contributed by atoms with van der Waals surface area (Å²) < 4.78 is 27.3. The van der Waals surface area contributed by atoms with Gasteiger partial charge in [-0.1, -0.05) is 30.3 Å². The Hall–Kier alpha value is -5.26. The van der Waals surface area contributed by atoms with Crippen LogP contribution in [0.1, 0.15) is 148 Å². The third kappa shape index (κ3) is 28.6. The molecule has 66 heavy (non-hydrogen) atoms. The van der Waals surface area contributed by atoms with Gasteiger partial charge in [0.25, 0.3) is 0 Å². The standard InChI is InChI=1S/C48H79N5O13/c1-31(21-20-24-33(41(59)65-47(11,12)13)51-43(61)52-34(42(60)66-48(14,15)16)25-26-37(55)62-44(2,3)4)49-40(58)35(27-32-22-18-17-19-23-32)50-36(54)28-53(29-38(56)63-45(5,6)7)30-39(57)64-46(8,9)10/h17-19,22-23,31,33-35H,20-21,24-30H2,1-16H3,(H,49,58)(H,50,54)(H2,51,52,61)/t31?,33-,34-,35+/m0/s1. The van der Waals surface area contributed by atoms with E-state index in [2.05, 4.69) is 21.3 Å². The van der Waals surface area contributed by atoms with E-state index < -0.39 is 119 Å². The smallest absolute Gasteiger partial charge is 0.329 e. The van der Waals surface area contributed by atoms with Gasteiger partial charge in [-0.05, 0) is 142 Å². The third-order valence-corrected chi connectivity index (χ3v) is 8.42. The summed E-state index contributed by atoms with van der Waals surface area (Å²) >= 11 is 0. The van der Waals surface area contributed by atoms with Crippen LogP contribution in [0.5, 0.6) is 0 Å². The number of esters is 5. The highest BCUT2D eigenvalue weighted by Crippen LogP contribution is 2.16. The number of urea groups is 1. The summed E-state index contributed by atoms with van der Waals surface area (Å²) in [5.74, 6) is -4.53. The Bertz CT molecular complexity index is 1750. The molecule has 4 atom stereocenters. The number of nitrogens with zero attached hydrogens (tertiary/aromatic N) is 1. The Morgan fingerprint density at radius 2 is 0.924 bits per heavy atom. The maximum absolute atomic E-state index is 13.9. The van der Waals surface area contributed by atoms with Crippen molar-refractivity contribution < 1.29 is 62.0 Å². The van der Waals surface area contributed by atoms with E-state index >= 15 is 0 Å². The first-order chi connectivity index (χ1) is 30.0. The maximum atomic E-state index is 13.9. The van der Waals surface area contributed by atoms with Crippen molar-refractivity contribution in [1.82, 2.24) is 26.2 Å². The lowest BCUT2D eigenvalue weighted by Crippen LogP contribution is -2.53. The minimum absolute atomic E-state index is 0.0763. The molecule has 1 aromatic rings. The molecule has 1 rings (SSSR count). The Morgan fingerprint density at radius 3 is 1.36 bits per heavy atom. The van der Waals surface area contributed by atoms with Crippen LogP contribution in [0.3, 0.4) is 0 Å². The number of carbonyl (C=O) groups excluding carboxylic acids is 8. The van der Waals surface area contributed by atoms with E-state index in [4.69, 9.17) is 23.7 Å². The van der Waals surface area contributed by atoms with Crippen LogP contribution in [-0.2, 0) is 63.7 Å². The van der Waals surface area contributed by atoms with Gasteiger partial charge in [0.2, 0.25) is 11.8 Å². The molecule has 18 heteroatoms. The minimum Gasteiger partial charge on any atom is -0.460 e. The summed E-state index contributed by atoms with van der Waals surface area (Å²) in [5, 5.41) is 10.9. The van der Waals surface area contributed by atoms with Crippen molar-refractivity contribution in [2.45, 2.75) is 201 Å². The third-order valence-electron chi connectivity index (χ3n) is 8.42. The molecule has 0 saturated carbocycles. The van der Waals surface area contributed by atoms with Gasteiger partial charge in [0, 0.05) is 18.9 Å². The number of hydrogen-bond acceptors (Lipinski definition) is 14. The molecule has 0 bridgehead atoms. The van der Waals surface area contributed by atoms with Gasteiger partial charge in [-0.15, -0.1) is 0 Å². The van der Waals surface area contributed by atoms with Crippen LogP contribution < -0.4 is 21.3 Å². The molecule has 0 aliphatic rings. The van der Waals surface area contributed by atoms with E-state index in [1.165, 1.54) is 4.90 Å². The maximum Gasteiger partial charge on any atom is 0.329 e. The molecule has 0 aliphatic heterocycles. The zero-order chi connectivity index (χ0) is 50.8. The van der Waals surface area contributed by atoms with Gasteiger partial charge in [-0.3, -0.25) is 28.9 Å². The second-order valence-electron chi connectivity index (χ2n) is 21.4. The van der Waals surface area contributed by atoms with Crippen LogP contribution in [0.15, 0.2) is 30.3 Å². The lowest BCUT2D eigenvalue weighted by molar-refractivity contribution is -0.161. The van der Waals surface area contributed by atoms with Crippen molar-refractivity contribution in [2.24, 2.45) is 0 Å². The quantitative estimate of drug-likeness (QED) is 0.0863. The van der Waals surface area contributed by atoms with Crippen molar-refractivity contribution in [3.63, 3.8) is 0 Å². The zero-order valence-corrected chi connectivity index (χ0v) is 42.3. The van der Waals surface area contributed by atoms with Crippen molar-refractivity contribution >= 4 is 47.7 Å². The number of hydrogen-bond donors (Lipinski definition) is 4. The number of amides is 4. The summed E-state index contributed by atoms with van der Waals surface area (Å²) in [6.45, 7) is 25.9. The minimum atomic E-state index is -1.26. The average molecular weight is 934 g/mol. The first-order valence-electron chi connectivity index (χ1n) is 22.5. The Labute approximate surface area is 392 Å². The average Bonchev–Trinajstić information content (AvgIpc) is 3.09. The summed E-state index contributed by atoms with van der Waals surface area (Å²) in [6, 6.07) is 4.18. The zero-order valence-electron chi connectivity index (χ0n) is 42.3. The van der Waals surface area contributed by atoms with Crippen LogP contribution in [0.4, 0.5) is 4.79 Å². The molecule has 0 aliphatic carbocycles. The fourth-order valence-electron chi connectivity index (χ4n) is 6.08. The second-order valence-corrected chi connectivity index (χ2v) is 21.4. The molecule has 1 unspecified atom stereocenters. The number of nitrogens with one attached hydrogen (secondary N) is 4. The van der Waals surface area contributed by atoms with E-state index in [-0.39, 0.29) is 25.7 Å². The van der Waals surface area contributed by atoms with Crippen LogP contribution >= 0.6 is 0 Å². The summed E-state index contributed by atoms with van der Waals surface area (Å²) in [5.41, 5.74) is -3.43. The van der Waals surface area contributed by atoms with E-state index in [9.17, 15) is 38.4 Å². The van der Waals surface area contributed by atoms with Gasteiger partial charge in [-0.2, -0.15) is 0 Å². The predicted molar refractivity (Wildman–Crippen MR) is 248 cm³/mol. The molecule has 374 valence electrons. The lowest BCUT2D eigenvalue weighted by atomic mass is 10.0. The number of ether oxygens (including phenoxy) is 5. The molecule has 0 heterocycles. The Balaban J connectivity index is 3.19. The molecular weight excluding hydrogens is 855 g/mol. The molecular formula is C48H79N5O13. The lowest BCUT2D eigenvalue weighted by Gasteiger charge is -2.27. The predicted octanol–water partition coefficient (Wildman–Crippen LogP) is 5.22. The van der Waals surface area contributed by atoms with Gasteiger partial charge in [0.05, 0.1) is 19.6 Å². The molecule has 4 amide bonds. The molecule has 0 fully saturated rings. The normalized spacial score (nSPS) is 14.1. The second kappa shape index (κ2) is 25.6.